The molecule has 0 aliphatic carbocycles. The van der Waals surface area contributed by atoms with Crippen molar-refractivity contribution >= 4 is 39.5 Å². The van der Waals surface area contributed by atoms with Crippen LogP contribution in [0.3, 0.4) is 0 Å². The second-order valence-corrected chi connectivity index (χ2v) is 36.1. The maximum absolute atomic E-state index is 13.2. The van der Waals surface area contributed by atoms with Crippen LogP contribution >= 0.6 is 15.6 Å². The van der Waals surface area contributed by atoms with Crippen molar-refractivity contribution in [2.75, 3.05) is 39.6 Å². The molecule has 3 unspecified atom stereocenters. The van der Waals surface area contributed by atoms with Gasteiger partial charge >= 0.3 is 39.5 Å². The van der Waals surface area contributed by atoms with E-state index in [0.717, 1.165) is 108 Å². The molecule has 0 heterocycles. The van der Waals surface area contributed by atoms with Crippen LogP contribution in [0.15, 0.2) is 0 Å². The first-order valence-electron chi connectivity index (χ1n) is 45.9. The summed E-state index contributed by atoms with van der Waals surface area (Å²) in [5, 5.41) is 10.7. The Labute approximate surface area is 664 Å². The van der Waals surface area contributed by atoms with Crippen LogP contribution in [0.2, 0.25) is 0 Å². The monoisotopic (exact) mass is 1580 g/mol. The number of unbranched alkanes of at least 4 members (excludes halogenated alkanes) is 54. The minimum atomic E-state index is -4.97. The van der Waals surface area contributed by atoms with Gasteiger partial charge in [-0.2, -0.15) is 0 Å². The van der Waals surface area contributed by atoms with E-state index in [0.29, 0.717) is 25.7 Å². The first kappa shape index (κ1) is 106. The number of rotatable bonds is 87. The lowest BCUT2D eigenvalue weighted by Gasteiger charge is -2.21. The first-order chi connectivity index (χ1) is 52.3. The van der Waals surface area contributed by atoms with Crippen LogP contribution in [0.5, 0.6) is 0 Å². The van der Waals surface area contributed by atoms with Gasteiger partial charge in [0.15, 0.2) is 12.2 Å². The van der Waals surface area contributed by atoms with Gasteiger partial charge in [-0.25, -0.2) is 9.13 Å². The molecule has 0 aromatic carbocycles. The van der Waals surface area contributed by atoms with E-state index in [1.807, 2.05) is 0 Å². The molecule has 0 radical (unpaired) electrons. The molecular weight excluding hydrogens is 1400 g/mol. The topological polar surface area (TPSA) is 237 Å². The van der Waals surface area contributed by atoms with E-state index >= 15 is 0 Å². The first-order valence-corrected chi connectivity index (χ1v) is 48.9. The molecule has 0 amide bonds. The fourth-order valence-corrected chi connectivity index (χ4v) is 15.4. The van der Waals surface area contributed by atoms with Gasteiger partial charge < -0.3 is 33.8 Å². The largest absolute Gasteiger partial charge is 0.472 e. The Hall–Kier alpha value is -1.94. The zero-order chi connectivity index (χ0) is 79.3. The molecule has 0 saturated heterocycles. The average Bonchev–Trinajstić information content (AvgIpc) is 0.897. The van der Waals surface area contributed by atoms with E-state index in [-0.39, 0.29) is 25.7 Å². The van der Waals surface area contributed by atoms with E-state index in [2.05, 4.69) is 48.5 Å². The summed E-state index contributed by atoms with van der Waals surface area (Å²) in [4.78, 5) is 73.3. The number of phosphoric acid groups is 2. The Bertz CT molecular complexity index is 2080. The number of hydrogen-bond acceptors (Lipinski definition) is 15. The predicted molar refractivity (Wildman–Crippen MR) is 446 cm³/mol. The summed E-state index contributed by atoms with van der Waals surface area (Å²) in [6.07, 6.45) is 70.8. The third-order valence-corrected chi connectivity index (χ3v) is 23.1. The standard InChI is InChI=1S/C89H174O17P2/c1-8-10-11-12-13-14-15-34-42-49-56-63-70-86(91)99-77-85(106-89(94)73-66-59-52-45-38-37-41-48-55-62-69-82(7)9-2)79-104-108(97,98)102-75-83(90)74-101-107(95,96)103-78-84(105-88(93)72-65-58-51-44-36-31-27-23-19-17-21-25-29-33-40-47-54-61-68-81(5)6)76-100-87(92)71-64-57-50-43-35-30-26-22-18-16-20-24-28-32-39-46-53-60-67-80(3)4/h80-85,90H,8-79H2,1-7H3,(H,95,96)(H,97,98)/t82?,83-,84-,85-/m1/s1. The smallest absolute Gasteiger partial charge is 0.462 e. The van der Waals surface area contributed by atoms with Gasteiger partial charge in [-0.1, -0.05) is 421 Å². The number of aliphatic hydroxyl groups excluding tert-OH is 1. The number of esters is 4. The summed E-state index contributed by atoms with van der Waals surface area (Å²) in [6, 6.07) is 0. The van der Waals surface area contributed by atoms with Gasteiger partial charge in [-0.05, 0) is 43.4 Å². The van der Waals surface area contributed by atoms with E-state index in [1.165, 1.54) is 283 Å². The third kappa shape index (κ3) is 80.7. The van der Waals surface area contributed by atoms with E-state index < -0.39 is 97.5 Å². The summed E-state index contributed by atoms with van der Waals surface area (Å²) in [6.45, 7) is 12.1. The van der Waals surface area contributed by atoms with Gasteiger partial charge in [-0.3, -0.25) is 37.3 Å². The molecule has 0 aromatic heterocycles. The van der Waals surface area contributed by atoms with Crippen molar-refractivity contribution in [1.82, 2.24) is 0 Å². The molecule has 6 atom stereocenters. The lowest BCUT2D eigenvalue weighted by molar-refractivity contribution is -0.161. The molecule has 108 heavy (non-hydrogen) atoms. The van der Waals surface area contributed by atoms with Crippen LogP contribution in [-0.2, 0) is 65.4 Å². The zero-order valence-electron chi connectivity index (χ0n) is 71.3. The molecule has 0 fully saturated rings. The summed E-state index contributed by atoms with van der Waals surface area (Å²) in [7, 11) is -9.93. The number of carbonyl (C=O) groups is 4. The van der Waals surface area contributed by atoms with Crippen molar-refractivity contribution in [2.45, 2.75) is 491 Å². The molecule has 0 saturated carbocycles. The molecule has 3 N–H and O–H groups in total. The highest BCUT2D eigenvalue weighted by atomic mass is 31.2. The Kier molecular flexibility index (Phi) is 77.5. The Balaban J connectivity index is 5.24. The normalized spacial score (nSPS) is 14.1. The number of ether oxygens (including phenoxy) is 4. The van der Waals surface area contributed by atoms with Gasteiger partial charge in [0.2, 0.25) is 0 Å². The van der Waals surface area contributed by atoms with E-state index in [9.17, 15) is 43.2 Å². The average molecular weight is 1580 g/mol. The number of carbonyl (C=O) groups excluding carboxylic acids is 4. The molecule has 0 aliphatic heterocycles. The van der Waals surface area contributed by atoms with Crippen molar-refractivity contribution in [3.8, 4) is 0 Å². The van der Waals surface area contributed by atoms with E-state index in [1.54, 1.807) is 0 Å². The number of hydrogen-bond donors (Lipinski definition) is 3. The number of aliphatic hydroxyl groups is 1. The predicted octanol–water partition coefficient (Wildman–Crippen LogP) is 27.3. The fraction of sp³-hybridized carbons (Fsp3) is 0.955. The van der Waals surface area contributed by atoms with Crippen molar-refractivity contribution in [1.29, 1.82) is 0 Å². The van der Waals surface area contributed by atoms with Crippen molar-refractivity contribution < 1.29 is 80.2 Å². The van der Waals surface area contributed by atoms with Crippen LogP contribution < -0.4 is 0 Å². The van der Waals surface area contributed by atoms with Gasteiger partial charge in [0.1, 0.15) is 19.3 Å². The highest BCUT2D eigenvalue weighted by Gasteiger charge is 2.31. The Morgan fingerprint density at radius 2 is 0.472 bits per heavy atom. The van der Waals surface area contributed by atoms with Crippen LogP contribution in [0.25, 0.3) is 0 Å². The summed E-state index contributed by atoms with van der Waals surface area (Å²) >= 11 is 0. The van der Waals surface area contributed by atoms with Crippen LogP contribution in [0.4, 0.5) is 0 Å². The maximum Gasteiger partial charge on any atom is 0.472 e. The highest BCUT2D eigenvalue weighted by Crippen LogP contribution is 2.45. The Morgan fingerprint density at radius 1 is 0.269 bits per heavy atom. The van der Waals surface area contributed by atoms with Crippen molar-refractivity contribution in [2.24, 2.45) is 17.8 Å². The minimum absolute atomic E-state index is 0.107. The molecule has 642 valence electrons. The van der Waals surface area contributed by atoms with Gasteiger partial charge in [0, 0.05) is 25.7 Å². The van der Waals surface area contributed by atoms with Crippen LogP contribution in [0, 0.1) is 17.8 Å². The van der Waals surface area contributed by atoms with Crippen molar-refractivity contribution in [3.05, 3.63) is 0 Å². The lowest BCUT2D eigenvalue weighted by Crippen LogP contribution is -2.30. The fourth-order valence-electron chi connectivity index (χ4n) is 13.9. The van der Waals surface area contributed by atoms with Gasteiger partial charge in [0.05, 0.1) is 26.4 Å². The van der Waals surface area contributed by atoms with Crippen LogP contribution in [-0.4, -0.2) is 96.7 Å². The molecule has 0 aromatic rings. The lowest BCUT2D eigenvalue weighted by atomic mass is 9.99. The molecular formula is C89H174O17P2. The SMILES string of the molecule is CCCCCCCCCCCCCCC(=O)OC[C@H](COP(=O)(O)OC[C@H](O)COP(=O)(O)OC[C@@H](COC(=O)CCCCCCCCCCCCCCCCCCCCC(C)C)OC(=O)CCCCCCCCCCCCCCCCCCCCC(C)C)OC(=O)CCCCCCCCCCCCC(C)CC. The highest BCUT2D eigenvalue weighted by molar-refractivity contribution is 7.47. The number of phosphoric ester groups is 2. The quantitative estimate of drug-likeness (QED) is 0.0222. The van der Waals surface area contributed by atoms with Crippen molar-refractivity contribution in [3.63, 3.8) is 0 Å². The third-order valence-electron chi connectivity index (χ3n) is 21.2. The maximum atomic E-state index is 13.2. The summed E-state index contributed by atoms with van der Waals surface area (Å²) < 4.78 is 69.0. The Morgan fingerprint density at radius 3 is 0.704 bits per heavy atom. The van der Waals surface area contributed by atoms with Gasteiger partial charge in [0.25, 0.3) is 0 Å². The summed E-state index contributed by atoms with van der Waals surface area (Å²) in [5.74, 6) is 0.346. The van der Waals surface area contributed by atoms with Crippen LogP contribution in [0.1, 0.15) is 472 Å². The second-order valence-electron chi connectivity index (χ2n) is 33.2. The van der Waals surface area contributed by atoms with Gasteiger partial charge in [-0.15, -0.1) is 0 Å². The zero-order valence-corrected chi connectivity index (χ0v) is 73.1. The molecule has 0 bridgehead atoms. The minimum Gasteiger partial charge on any atom is -0.462 e. The summed E-state index contributed by atoms with van der Waals surface area (Å²) in [5.41, 5.74) is 0. The molecule has 19 heteroatoms. The van der Waals surface area contributed by atoms with E-state index in [4.69, 9.17) is 37.0 Å². The molecule has 17 nitrogen and oxygen atoms in total. The molecule has 0 spiro atoms. The molecule has 0 aliphatic rings. The molecule has 0 rings (SSSR count). The second kappa shape index (κ2) is 78.9.